The summed E-state index contributed by atoms with van der Waals surface area (Å²) in [7, 11) is 0. The van der Waals surface area contributed by atoms with Crippen LogP contribution in [0.3, 0.4) is 0 Å². The molecule has 9 nitrogen and oxygen atoms in total. The topological polar surface area (TPSA) is 121 Å². The normalized spacial score (nSPS) is 19.7. The monoisotopic (exact) mass is 373 g/mol. The lowest BCUT2D eigenvalue weighted by Gasteiger charge is -2.36. The third-order valence-corrected chi connectivity index (χ3v) is 4.82. The van der Waals surface area contributed by atoms with Gasteiger partial charge in [-0.2, -0.15) is 0 Å². The highest BCUT2D eigenvalue weighted by Crippen LogP contribution is 2.17. The molecule has 9 heteroatoms. The van der Waals surface area contributed by atoms with Crippen molar-refractivity contribution in [3.63, 3.8) is 0 Å². The van der Waals surface area contributed by atoms with Gasteiger partial charge in [0.1, 0.15) is 11.5 Å². The van der Waals surface area contributed by atoms with Crippen LogP contribution >= 0.6 is 0 Å². The van der Waals surface area contributed by atoms with E-state index in [1.54, 1.807) is 4.90 Å². The molecule has 27 heavy (non-hydrogen) atoms. The van der Waals surface area contributed by atoms with Gasteiger partial charge in [0.05, 0.1) is 24.0 Å². The number of piperidine rings is 1. The van der Waals surface area contributed by atoms with Gasteiger partial charge in [0.25, 0.3) is 5.91 Å². The molecule has 0 saturated carbocycles. The SMILES string of the molecule is Cc1noc(C)c1CCC(=O)N1CC[C@@H](NC(=O)c2cnccn2)[C@H](O)C1. The molecule has 0 spiro atoms. The number of aliphatic hydroxyl groups is 1. The van der Waals surface area contributed by atoms with Crippen LogP contribution < -0.4 is 5.32 Å². The molecular formula is C18H23N5O4. The van der Waals surface area contributed by atoms with E-state index in [0.717, 1.165) is 17.0 Å². The van der Waals surface area contributed by atoms with Gasteiger partial charge in [0.2, 0.25) is 5.91 Å². The van der Waals surface area contributed by atoms with Crippen molar-refractivity contribution in [1.82, 2.24) is 25.3 Å². The molecule has 1 saturated heterocycles. The van der Waals surface area contributed by atoms with Crippen molar-refractivity contribution in [3.05, 3.63) is 41.3 Å². The van der Waals surface area contributed by atoms with Gasteiger partial charge in [-0.05, 0) is 26.7 Å². The Kier molecular flexibility index (Phi) is 5.80. The summed E-state index contributed by atoms with van der Waals surface area (Å²) in [4.78, 5) is 34.1. The molecule has 1 aliphatic rings. The molecule has 0 bridgehead atoms. The molecule has 1 fully saturated rings. The number of hydrogen-bond donors (Lipinski definition) is 2. The molecule has 0 aromatic carbocycles. The predicted octanol–water partition coefficient (Wildman–Crippen LogP) is 0.406. The number of nitrogens with one attached hydrogen (secondary N) is 1. The quantitative estimate of drug-likeness (QED) is 0.778. The van der Waals surface area contributed by atoms with Gasteiger partial charge >= 0.3 is 0 Å². The first-order chi connectivity index (χ1) is 13.0. The molecular weight excluding hydrogens is 350 g/mol. The van der Waals surface area contributed by atoms with Crippen molar-refractivity contribution in [1.29, 1.82) is 0 Å². The van der Waals surface area contributed by atoms with Crippen molar-refractivity contribution in [2.24, 2.45) is 0 Å². The Balaban J connectivity index is 1.50. The van der Waals surface area contributed by atoms with Crippen LogP contribution in [0.5, 0.6) is 0 Å². The lowest BCUT2D eigenvalue weighted by molar-refractivity contribution is -0.134. The van der Waals surface area contributed by atoms with Crippen LogP contribution in [-0.4, -0.2) is 62.2 Å². The molecule has 2 aromatic heterocycles. The zero-order chi connectivity index (χ0) is 19.4. The van der Waals surface area contributed by atoms with Gasteiger partial charge in [0, 0.05) is 37.5 Å². The van der Waals surface area contributed by atoms with Crippen LogP contribution in [0.1, 0.15) is 40.3 Å². The first-order valence-electron chi connectivity index (χ1n) is 8.90. The number of nitrogens with zero attached hydrogens (tertiary/aromatic N) is 4. The van der Waals surface area contributed by atoms with Crippen molar-refractivity contribution in [2.75, 3.05) is 13.1 Å². The average molecular weight is 373 g/mol. The van der Waals surface area contributed by atoms with Crippen LogP contribution in [0, 0.1) is 13.8 Å². The minimum absolute atomic E-state index is 0.0345. The van der Waals surface area contributed by atoms with Gasteiger partial charge < -0.3 is 19.8 Å². The summed E-state index contributed by atoms with van der Waals surface area (Å²) in [5, 5.41) is 17.0. The molecule has 2 N–H and O–H groups in total. The Labute approximate surface area is 156 Å². The first-order valence-corrected chi connectivity index (χ1v) is 8.90. The van der Waals surface area contributed by atoms with E-state index in [1.807, 2.05) is 13.8 Å². The van der Waals surface area contributed by atoms with Gasteiger partial charge in [-0.15, -0.1) is 0 Å². The van der Waals surface area contributed by atoms with Gasteiger partial charge in [-0.1, -0.05) is 5.16 Å². The molecule has 0 aliphatic carbocycles. The van der Waals surface area contributed by atoms with E-state index < -0.39 is 12.1 Å². The summed E-state index contributed by atoms with van der Waals surface area (Å²) in [5.74, 6) is 0.309. The average Bonchev–Trinajstić information content (AvgIpc) is 2.99. The molecule has 2 amide bonds. The lowest BCUT2D eigenvalue weighted by Crippen LogP contribution is -2.55. The number of aryl methyl sites for hydroxylation is 2. The van der Waals surface area contributed by atoms with E-state index in [-0.39, 0.29) is 24.1 Å². The number of rotatable bonds is 5. The largest absolute Gasteiger partial charge is 0.389 e. The number of carbonyl (C=O) groups excluding carboxylic acids is 2. The molecule has 0 unspecified atom stereocenters. The van der Waals surface area contributed by atoms with Crippen LogP contribution in [0.2, 0.25) is 0 Å². The number of hydrogen-bond acceptors (Lipinski definition) is 7. The fourth-order valence-corrected chi connectivity index (χ4v) is 3.23. The maximum absolute atomic E-state index is 12.5. The van der Waals surface area contributed by atoms with E-state index in [1.165, 1.54) is 18.6 Å². The summed E-state index contributed by atoms with van der Waals surface area (Å²) in [6.07, 6.45) is 4.82. The Bertz CT molecular complexity index is 788. The number of carbonyl (C=O) groups is 2. The highest BCUT2D eigenvalue weighted by Gasteiger charge is 2.31. The lowest BCUT2D eigenvalue weighted by atomic mass is 10.0. The molecule has 2 atom stereocenters. The Hall–Kier alpha value is -2.81. The van der Waals surface area contributed by atoms with Gasteiger partial charge in [-0.25, -0.2) is 4.98 Å². The summed E-state index contributed by atoms with van der Waals surface area (Å²) >= 11 is 0. The molecule has 144 valence electrons. The summed E-state index contributed by atoms with van der Waals surface area (Å²) < 4.78 is 5.11. The van der Waals surface area contributed by atoms with Crippen molar-refractivity contribution >= 4 is 11.8 Å². The fourth-order valence-electron chi connectivity index (χ4n) is 3.23. The number of aliphatic hydroxyl groups excluding tert-OH is 1. The second kappa shape index (κ2) is 8.26. The van der Waals surface area contributed by atoms with Crippen LogP contribution in [0.15, 0.2) is 23.1 Å². The predicted molar refractivity (Wildman–Crippen MR) is 94.8 cm³/mol. The number of β-amino-alcohol motifs (C(OH)–C–C–N with tert-alkyl or cyclic N) is 1. The summed E-state index contributed by atoms with van der Waals surface area (Å²) in [6.45, 7) is 4.34. The third-order valence-electron chi connectivity index (χ3n) is 4.82. The van der Waals surface area contributed by atoms with E-state index in [4.69, 9.17) is 4.52 Å². The van der Waals surface area contributed by atoms with E-state index >= 15 is 0 Å². The summed E-state index contributed by atoms with van der Waals surface area (Å²) in [6, 6.07) is -0.425. The number of likely N-dealkylation sites (tertiary alicyclic amines) is 1. The molecule has 3 rings (SSSR count). The smallest absolute Gasteiger partial charge is 0.271 e. The maximum Gasteiger partial charge on any atom is 0.271 e. The van der Waals surface area contributed by atoms with Crippen molar-refractivity contribution in [2.45, 2.75) is 45.3 Å². The summed E-state index contributed by atoms with van der Waals surface area (Å²) in [5.41, 5.74) is 1.95. The standard InChI is InChI=1S/C18H23N5O4/c1-11-13(12(2)27-22-11)3-4-17(25)23-8-5-14(16(24)10-23)21-18(26)15-9-19-6-7-20-15/h6-7,9,14,16,24H,3-5,8,10H2,1-2H3,(H,21,26)/t14-,16-/m1/s1. The van der Waals surface area contributed by atoms with Crippen LogP contribution in [0.25, 0.3) is 0 Å². The second-order valence-corrected chi connectivity index (χ2v) is 6.67. The zero-order valence-electron chi connectivity index (χ0n) is 15.4. The zero-order valence-corrected chi connectivity index (χ0v) is 15.4. The van der Waals surface area contributed by atoms with Crippen molar-refractivity contribution < 1.29 is 19.2 Å². The fraction of sp³-hybridized carbons (Fsp3) is 0.500. The third kappa shape index (κ3) is 4.48. The molecule has 2 aromatic rings. The molecule has 0 radical (unpaired) electrons. The Morgan fingerprint density at radius 3 is 2.81 bits per heavy atom. The van der Waals surface area contributed by atoms with E-state index in [9.17, 15) is 14.7 Å². The minimum Gasteiger partial charge on any atom is -0.389 e. The van der Waals surface area contributed by atoms with Crippen molar-refractivity contribution in [3.8, 4) is 0 Å². The minimum atomic E-state index is -0.831. The molecule has 3 heterocycles. The van der Waals surface area contributed by atoms with Gasteiger partial charge in [0.15, 0.2) is 0 Å². The Morgan fingerprint density at radius 2 is 2.19 bits per heavy atom. The highest BCUT2D eigenvalue weighted by molar-refractivity contribution is 5.92. The van der Waals surface area contributed by atoms with Crippen LogP contribution in [0.4, 0.5) is 0 Å². The number of amides is 2. The van der Waals surface area contributed by atoms with Gasteiger partial charge in [-0.3, -0.25) is 14.6 Å². The van der Waals surface area contributed by atoms with E-state index in [0.29, 0.717) is 25.8 Å². The van der Waals surface area contributed by atoms with Crippen LogP contribution in [-0.2, 0) is 11.2 Å². The highest BCUT2D eigenvalue weighted by atomic mass is 16.5. The molecule has 1 aliphatic heterocycles. The van der Waals surface area contributed by atoms with E-state index in [2.05, 4.69) is 20.4 Å². The number of aromatic nitrogens is 3. The maximum atomic E-state index is 12.5. The Morgan fingerprint density at radius 1 is 1.37 bits per heavy atom. The first kappa shape index (κ1) is 19.0. The second-order valence-electron chi connectivity index (χ2n) is 6.67.